The van der Waals surface area contributed by atoms with Gasteiger partial charge >= 0.3 is 6.18 Å². The number of carbonyl (C=O) groups excluding carboxylic acids is 1. The maximum Gasteiger partial charge on any atom is 0.417 e. The molecule has 8 heteroatoms. The second-order valence-corrected chi connectivity index (χ2v) is 7.79. The highest BCUT2D eigenvalue weighted by Crippen LogP contribution is 2.37. The van der Waals surface area contributed by atoms with Gasteiger partial charge in [-0.15, -0.1) is 0 Å². The molecular formula is C21H23ClF3N3O. The summed E-state index contributed by atoms with van der Waals surface area (Å²) in [5.74, 6) is -0.734. The van der Waals surface area contributed by atoms with Crippen LogP contribution in [0.5, 0.6) is 0 Å². The standard InChI is InChI=1S/C21H23ClF3N3O/c1-28(2)15-6-3-13(4-7-15)10-27-20(29)17-12-26-11-16(17)14-5-8-18(19(22)9-14)21(23,24)25/h3-9,16-17,26H,10-12H2,1-2H3,(H,27,29)/t16-,17+/m0/s1. The van der Waals surface area contributed by atoms with E-state index in [0.717, 1.165) is 17.3 Å². The average Bonchev–Trinajstić information content (AvgIpc) is 3.15. The summed E-state index contributed by atoms with van der Waals surface area (Å²) in [5.41, 5.74) is 1.81. The van der Waals surface area contributed by atoms with E-state index in [0.29, 0.717) is 25.2 Å². The number of hydrogen-bond donors (Lipinski definition) is 2. The highest BCUT2D eigenvalue weighted by molar-refractivity contribution is 6.31. The van der Waals surface area contributed by atoms with Crippen molar-refractivity contribution in [3.05, 3.63) is 64.2 Å². The zero-order valence-corrected chi connectivity index (χ0v) is 16.9. The predicted molar refractivity (Wildman–Crippen MR) is 108 cm³/mol. The highest BCUT2D eigenvalue weighted by atomic mass is 35.5. The van der Waals surface area contributed by atoms with Crippen LogP contribution in [0.1, 0.15) is 22.6 Å². The second-order valence-electron chi connectivity index (χ2n) is 7.39. The van der Waals surface area contributed by atoms with E-state index in [1.54, 1.807) is 0 Å². The molecule has 2 aromatic carbocycles. The number of amides is 1. The number of alkyl halides is 3. The first kappa shape index (κ1) is 21.5. The SMILES string of the molecule is CN(C)c1ccc(CNC(=O)[C@@H]2CNC[C@H]2c2ccc(C(F)(F)F)c(Cl)c2)cc1. The van der Waals surface area contributed by atoms with Crippen LogP contribution >= 0.6 is 11.6 Å². The minimum Gasteiger partial charge on any atom is -0.378 e. The van der Waals surface area contributed by atoms with E-state index in [-0.39, 0.29) is 22.8 Å². The molecule has 1 fully saturated rings. The van der Waals surface area contributed by atoms with Crippen LogP contribution < -0.4 is 15.5 Å². The molecule has 0 bridgehead atoms. The zero-order chi connectivity index (χ0) is 21.2. The van der Waals surface area contributed by atoms with Gasteiger partial charge in [-0.1, -0.05) is 29.8 Å². The summed E-state index contributed by atoms with van der Waals surface area (Å²) in [4.78, 5) is 14.7. The van der Waals surface area contributed by atoms with Crippen molar-refractivity contribution in [1.29, 1.82) is 0 Å². The molecule has 2 atom stereocenters. The van der Waals surface area contributed by atoms with Crippen LogP contribution in [-0.2, 0) is 17.5 Å². The highest BCUT2D eigenvalue weighted by Gasteiger charge is 2.36. The number of halogens is 4. The van der Waals surface area contributed by atoms with E-state index in [1.807, 2.05) is 43.3 Å². The van der Waals surface area contributed by atoms with Crippen LogP contribution in [0.25, 0.3) is 0 Å². The van der Waals surface area contributed by atoms with Gasteiger partial charge in [0, 0.05) is 45.3 Å². The Hall–Kier alpha value is -2.25. The molecule has 0 aliphatic carbocycles. The van der Waals surface area contributed by atoms with E-state index in [2.05, 4.69) is 10.6 Å². The second kappa shape index (κ2) is 8.63. The van der Waals surface area contributed by atoms with Crippen molar-refractivity contribution in [1.82, 2.24) is 10.6 Å². The summed E-state index contributed by atoms with van der Waals surface area (Å²) in [7, 11) is 3.91. The quantitative estimate of drug-likeness (QED) is 0.759. The Morgan fingerprint density at radius 3 is 2.45 bits per heavy atom. The van der Waals surface area contributed by atoms with Crippen LogP contribution in [-0.4, -0.2) is 33.1 Å². The van der Waals surface area contributed by atoms with Crippen LogP contribution in [0.4, 0.5) is 18.9 Å². The molecule has 1 heterocycles. The lowest BCUT2D eigenvalue weighted by molar-refractivity contribution is -0.137. The molecule has 0 aromatic heterocycles. The summed E-state index contributed by atoms with van der Waals surface area (Å²) in [5, 5.41) is 5.74. The van der Waals surface area contributed by atoms with Gasteiger partial charge in [0.15, 0.2) is 0 Å². The Kier molecular flexibility index (Phi) is 6.39. The molecule has 1 aliphatic heterocycles. The van der Waals surface area contributed by atoms with E-state index in [1.165, 1.54) is 12.1 Å². The van der Waals surface area contributed by atoms with Gasteiger partial charge in [-0.25, -0.2) is 0 Å². The fourth-order valence-electron chi connectivity index (χ4n) is 3.53. The van der Waals surface area contributed by atoms with Crippen molar-refractivity contribution in [2.75, 3.05) is 32.1 Å². The van der Waals surface area contributed by atoms with Crippen LogP contribution in [0.15, 0.2) is 42.5 Å². The van der Waals surface area contributed by atoms with Crippen molar-refractivity contribution in [2.45, 2.75) is 18.6 Å². The van der Waals surface area contributed by atoms with Gasteiger partial charge < -0.3 is 15.5 Å². The lowest BCUT2D eigenvalue weighted by atomic mass is 9.87. The lowest BCUT2D eigenvalue weighted by Gasteiger charge is -2.20. The third-order valence-corrected chi connectivity index (χ3v) is 5.51. The minimum absolute atomic E-state index is 0.132. The third-order valence-electron chi connectivity index (χ3n) is 5.20. The number of hydrogen-bond acceptors (Lipinski definition) is 3. The van der Waals surface area contributed by atoms with E-state index < -0.39 is 11.7 Å². The molecule has 3 rings (SSSR count). The van der Waals surface area contributed by atoms with Gasteiger partial charge in [-0.3, -0.25) is 4.79 Å². The zero-order valence-electron chi connectivity index (χ0n) is 16.2. The van der Waals surface area contributed by atoms with Crippen molar-refractivity contribution >= 4 is 23.2 Å². The normalized spacial score (nSPS) is 19.2. The smallest absolute Gasteiger partial charge is 0.378 e. The molecule has 0 spiro atoms. The fraction of sp³-hybridized carbons (Fsp3) is 0.381. The number of rotatable bonds is 5. The minimum atomic E-state index is -4.50. The topological polar surface area (TPSA) is 44.4 Å². The first-order valence-corrected chi connectivity index (χ1v) is 9.66. The molecule has 1 saturated heterocycles. The van der Waals surface area contributed by atoms with Gasteiger partial charge in [-0.05, 0) is 35.4 Å². The molecule has 4 nitrogen and oxygen atoms in total. The predicted octanol–water partition coefficient (Wildman–Crippen LogP) is 4.04. The fourth-order valence-corrected chi connectivity index (χ4v) is 3.82. The largest absolute Gasteiger partial charge is 0.417 e. The van der Waals surface area contributed by atoms with Crippen LogP contribution in [0, 0.1) is 5.92 Å². The number of carbonyl (C=O) groups is 1. The number of nitrogens with one attached hydrogen (secondary N) is 2. The summed E-state index contributed by atoms with van der Waals surface area (Å²) >= 11 is 5.85. The molecule has 0 unspecified atom stereocenters. The molecule has 0 saturated carbocycles. The van der Waals surface area contributed by atoms with Crippen LogP contribution in [0.2, 0.25) is 5.02 Å². The average molecular weight is 426 g/mol. The van der Waals surface area contributed by atoms with Gasteiger partial charge in [0.25, 0.3) is 0 Å². The van der Waals surface area contributed by atoms with Crippen LogP contribution in [0.3, 0.4) is 0 Å². The Balaban J connectivity index is 1.67. The number of nitrogens with zero attached hydrogens (tertiary/aromatic N) is 1. The van der Waals surface area contributed by atoms with E-state index in [9.17, 15) is 18.0 Å². The maximum atomic E-state index is 12.9. The molecule has 29 heavy (non-hydrogen) atoms. The summed E-state index contributed by atoms with van der Waals surface area (Å²) in [6.07, 6.45) is -4.50. The maximum absolute atomic E-state index is 12.9. The van der Waals surface area contributed by atoms with Gasteiger partial charge in [0.2, 0.25) is 5.91 Å². The molecule has 2 aromatic rings. The Morgan fingerprint density at radius 1 is 1.17 bits per heavy atom. The van der Waals surface area contributed by atoms with E-state index >= 15 is 0 Å². The summed E-state index contributed by atoms with van der Waals surface area (Å²) < 4.78 is 38.8. The van der Waals surface area contributed by atoms with E-state index in [4.69, 9.17) is 11.6 Å². The van der Waals surface area contributed by atoms with Crippen molar-refractivity contribution in [3.8, 4) is 0 Å². The Morgan fingerprint density at radius 2 is 1.86 bits per heavy atom. The van der Waals surface area contributed by atoms with Gasteiger partial charge in [-0.2, -0.15) is 13.2 Å². The Labute approximate surface area is 173 Å². The van der Waals surface area contributed by atoms with Gasteiger partial charge in [0.05, 0.1) is 16.5 Å². The Bertz CT molecular complexity index is 868. The lowest BCUT2D eigenvalue weighted by Crippen LogP contribution is -2.34. The first-order valence-electron chi connectivity index (χ1n) is 9.28. The van der Waals surface area contributed by atoms with Gasteiger partial charge in [0.1, 0.15) is 0 Å². The number of anilines is 1. The molecular weight excluding hydrogens is 403 g/mol. The van der Waals surface area contributed by atoms with Crippen molar-refractivity contribution < 1.29 is 18.0 Å². The monoisotopic (exact) mass is 425 g/mol. The molecule has 0 radical (unpaired) electrons. The van der Waals surface area contributed by atoms with Crippen molar-refractivity contribution in [2.24, 2.45) is 5.92 Å². The molecule has 1 amide bonds. The number of benzene rings is 2. The summed E-state index contributed by atoms with van der Waals surface area (Å²) in [6, 6.07) is 11.6. The molecule has 2 N–H and O–H groups in total. The molecule has 1 aliphatic rings. The molecule has 156 valence electrons. The first-order chi connectivity index (χ1) is 13.7. The van der Waals surface area contributed by atoms with Crippen molar-refractivity contribution in [3.63, 3.8) is 0 Å². The third kappa shape index (κ3) is 5.03. The summed E-state index contributed by atoms with van der Waals surface area (Å²) in [6.45, 7) is 1.37.